The van der Waals surface area contributed by atoms with E-state index >= 15 is 0 Å². The lowest BCUT2D eigenvalue weighted by atomic mass is 10.0. The highest BCUT2D eigenvalue weighted by Crippen LogP contribution is 2.17. The van der Waals surface area contributed by atoms with Crippen LogP contribution in [0.1, 0.15) is 323 Å². The number of carbonyl (C=O) groups is 3. The minimum absolute atomic E-state index is 0.0741. The Morgan fingerprint density at radius 3 is 0.868 bits per heavy atom. The van der Waals surface area contributed by atoms with Gasteiger partial charge in [-0.2, -0.15) is 0 Å². The lowest BCUT2D eigenvalue weighted by molar-refractivity contribution is -0.167. The summed E-state index contributed by atoms with van der Waals surface area (Å²) < 4.78 is 16.8. The molecule has 0 N–H and O–H groups in total. The van der Waals surface area contributed by atoms with Crippen LogP contribution in [-0.2, 0) is 28.6 Å². The van der Waals surface area contributed by atoms with E-state index in [2.05, 4.69) is 57.2 Å². The van der Waals surface area contributed by atoms with Crippen molar-refractivity contribution in [1.82, 2.24) is 0 Å². The number of rotatable bonds is 55. The molecule has 6 nitrogen and oxygen atoms in total. The molecule has 0 heterocycles. The standard InChI is InChI=1S/C62H114O6/c1-4-7-10-13-16-19-21-23-25-26-27-28-29-30-31-32-33-34-35-36-37-39-40-43-46-49-52-55-61(64)67-58-59(57-66-60(63)54-51-48-45-42-18-15-12-9-6-3)68-62(65)56-53-50-47-44-41-38-24-22-20-17-14-11-8-5-2/h14,17,22,24,26-27,59H,4-13,15-16,18-21,23,25,28-58H2,1-3H3/b17-14-,24-22-,27-26-. The molecule has 0 aromatic rings. The summed E-state index contributed by atoms with van der Waals surface area (Å²) >= 11 is 0. The summed E-state index contributed by atoms with van der Waals surface area (Å²) in [6.45, 7) is 6.60. The van der Waals surface area contributed by atoms with Gasteiger partial charge in [-0.25, -0.2) is 0 Å². The fourth-order valence-electron chi connectivity index (χ4n) is 8.81. The molecule has 0 spiro atoms. The first-order valence-electron chi connectivity index (χ1n) is 30.0. The zero-order valence-corrected chi connectivity index (χ0v) is 45.6. The van der Waals surface area contributed by atoms with Crippen molar-refractivity contribution in [2.45, 2.75) is 329 Å². The molecule has 1 atom stereocenters. The normalized spacial score (nSPS) is 12.2. The van der Waals surface area contributed by atoms with Crippen molar-refractivity contribution in [3.63, 3.8) is 0 Å². The van der Waals surface area contributed by atoms with E-state index in [1.807, 2.05) is 0 Å². The van der Waals surface area contributed by atoms with Gasteiger partial charge in [0, 0.05) is 19.3 Å². The second-order valence-electron chi connectivity index (χ2n) is 20.3. The first-order valence-corrected chi connectivity index (χ1v) is 30.0. The van der Waals surface area contributed by atoms with Gasteiger partial charge in [0.2, 0.25) is 0 Å². The quantitative estimate of drug-likeness (QED) is 0.0262. The topological polar surface area (TPSA) is 78.9 Å². The molecule has 0 rings (SSSR count). The van der Waals surface area contributed by atoms with Gasteiger partial charge < -0.3 is 14.2 Å². The number of hydrogen-bond donors (Lipinski definition) is 0. The predicted octanol–water partition coefficient (Wildman–Crippen LogP) is 20.0. The Kier molecular flexibility index (Phi) is 55.2. The van der Waals surface area contributed by atoms with Crippen molar-refractivity contribution >= 4 is 17.9 Å². The SMILES string of the molecule is CCCC/C=C\C/C=C\CCCCCCCC(=O)OC(COC(=O)CCCCCCCCCCC)COC(=O)CCCCCCCCCCCCCCCCC/C=C\CCCCCCCCCC. The Labute approximate surface area is 423 Å². The van der Waals surface area contributed by atoms with Crippen molar-refractivity contribution in [2.24, 2.45) is 0 Å². The Hall–Kier alpha value is -2.37. The minimum atomic E-state index is -0.775. The fourth-order valence-corrected chi connectivity index (χ4v) is 8.81. The van der Waals surface area contributed by atoms with Gasteiger partial charge in [-0.1, -0.05) is 269 Å². The summed E-state index contributed by atoms with van der Waals surface area (Å²) in [7, 11) is 0. The molecular formula is C62H114O6. The van der Waals surface area contributed by atoms with Crippen LogP contribution in [0.5, 0.6) is 0 Å². The molecule has 0 aromatic heterocycles. The van der Waals surface area contributed by atoms with E-state index in [1.165, 1.54) is 199 Å². The van der Waals surface area contributed by atoms with Crippen LogP contribution in [0, 0.1) is 0 Å². The molecule has 1 unspecified atom stereocenters. The number of carbonyl (C=O) groups excluding carboxylic acids is 3. The van der Waals surface area contributed by atoms with Gasteiger partial charge in [0.25, 0.3) is 0 Å². The van der Waals surface area contributed by atoms with Gasteiger partial charge in [0.05, 0.1) is 0 Å². The van der Waals surface area contributed by atoms with Gasteiger partial charge in [-0.05, 0) is 70.6 Å². The molecule has 0 aliphatic heterocycles. The number of hydrogen-bond acceptors (Lipinski definition) is 6. The highest BCUT2D eigenvalue weighted by atomic mass is 16.6. The third kappa shape index (κ3) is 54.6. The zero-order valence-electron chi connectivity index (χ0n) is 45.6. The van der Waals surface area contributed by atoms with E-state index in [0.29, 0.717) is 19.3 Å². The maximum Gasteiger partial charge on any atom is 0.306 e. The summed E-state index contributed by atoms with van der Waals surface area (Å²) in [4.78, 5) is 38.0. The van der Waals surface area contributed by atoms with Crippen molar-refractivity contribution in [3.05, 3.63) is 36.5 Å². The average Bonchev–Trinajstić information content (AvgIpc) is 3.34. The molecule has 6 heteroatoms. The van der Waals surface area contributed by atoms with Crippen LogP contribution in [0.25, 0.3) is 0 Å². The van der Waals surface area contributed by atoms with Gasteiger partial charge in [0.1, 0.15) is 13.2 Å². The number of unbranched alkanes of at least 4 members (excludes halogenated alkanes) is 38. The lowest BCUT2D eigenvalue weighted by Crippen LogP contribution is -2.30. The van der Waals surface area contributed by atoms with Crippen LogP contribution in [-0.4, -0.2) is 37.2 Å². The Morgan fingerprint density at radius 2 is 0.544 bits per heavy atom. The van der Waals surface area contributed by atoms with Crippen molar-refractivity contribution in [1.29, 1.82) is 0 Å². The summed E-state index contributed by atoms with van der Waals surface area (Å²) in [5, 5.41) is 0. The first kappa shape index (κ1) is 65.6. The molecule has 398 valence electrons. The maximum absolute atomic E-state index is 12.8. The molecule has 0 aliphatic rings. The van der Waals surface area contributed by atoms with Crippen LogP contribution < -0.4 is 0 Å². The van der Waals surface area contributed by atoms with E-state index in [1.54, 1.807) is 0 Å². The molecular weight excluding hydrogens is 841 g/mol. The summed E-state index contributed by atoms with van der Waals surface area (Å²) in [6, 6.07) is 0. The van der Waals surface area contributed by atoms with Crippen LogP contribution in [0.4, 0.5) is 0 Å². The van der Waals surface area contributed by atoms with E-state index in [0.717, 1.165) is 83.5 Å². The zero-order chi connectivity index (χ0) is 49.3. The first-order chi connectivity index (χ1) is 33.5. The molecule has 0 fully saturated rings. The summed E-state index contributed by atoms with van der Waals surface area (Å²) in [6.07, 6.45) is 68.8. The summed E-state index contributed by atoms with van der Waals surface area (Å²) in [5.41, 5.74) is 0. The fraction of sp³-hybridized carbons (Fsp3) is 0.855. The van der Waals surface area contributed by atoms with Gasteiger partial charge in [-0.3, -0.25) is 14.4 Å². The van der Waals surface area contributed by atoms with Gasteiger partial charge in [-0.15, -0.1) is 0 Å². The minimum Gasteiger partial charge on any atom is -0.462 e. The van der Waals surface area contributed by atoms with Crippen LogP contribution in [0.2, 0.25) is 0 Å². The molecule has 0 aliphatic carbocycles. The van der Waals surface area contributed by atoms with Crippen LogP contribution in [0.15, 0.2) is 36.5 Å². The Morgan fingerprint density at radius 1 is 0.294 bits per heavy atom. The number of allylic oxidation sites excluding steroid dienone is 6. The van der Waals surface area contributed by atoms with E-state index in [4.69, 9.17) is 14.2 Å². The smallest absolute Gasteiger partial charge is 0.306 e. The maximum atomic E-state index is 12.8. The molecule has 0 radical (unpaired) electrons. The van der Waals surface area contributed by atoms with E-state index in [-0.39, 0.29) is 31.1 Å². The number of ether oxygens (including phenoxy) is 3. The number of esters is 3. The Bertz CT molecular complexity index is 1140. The second-order valence-corrected chi connectivity index (χ2v) is 20.3. The predicted molar refractivity (Wildman–Crippen MR) is 293 cm³/mol. The van der Waals surface area contributed by atoms with Gasteiger partial charge >= 0.3 is 17.9 Å². The Balaban J connectivity index is 4.11. The largest absolute Gasteiger partial charge is 0.462 e. The third-order valence-corrected chi connectivity index (χ3v) is 13.4. The van der Waals surface area contributed by atoms with Crippen molar-refractivity contribution in [2.75, 3.05) is 13.2 Å². The highest BCUT2D eigenvalue weighted by Gasteiger charge is 2.19. The monoisotopic (exact) mass is 955 g/mol. The molecule has 0 aromatic carbocycles. The molecule has 0 bridgehead atoms. The van der Waals surface area contributed by atoms with E-state index < -0.39 is 6.10 Å². The van der Waals surface area contributed by atoms with Crippen LogP contribution >= 0.6 is 0 Å². The van der Waals surface area contributed by atoms with E-state index in [9.17, 15) is 14.4 Å². The van der Waals surface area contributed by atoms with Crippen molar-refractivity contribution in [3.8, 4) is 0 Å². The molecule has 0 saturated carbocycles. The van der Waals surface area contributed by atoms with Crippen molar-refractivity contribution < 1.29 is 28.6 Å². The second kappa shape index (κ2) is 57.2. The molecule has 0 amide bonds. The average molecular weight is 956 g/mol. The molecule has 68 heavy (non-hydrogen) atoms. The highest BCUT2D eigenvalue weighted by molar-refractivity contribution is 5.71. The third-order valence-electron chi connectivity index (χ3n) is 13.4. The molecule has 0 saturated heterocycles. The lowest BCUT2D eigenvalue weighted by Gasteiger charge is -2.18. The summed E-state index contributed by atoms with van der Waals surface area (Å²) in [5.74, 6) is -0.875. The van der Waals surface area contributed by atoms with Crippen LogP contribution in [0.3, 0.4) is 0 Å². The van der Waals surface area contributed by atoms with Gasteiger partial charge in [0.15, 0.2) is 6.10 Å².